The molecule has 2 aromatic carbocycles. The van der Waals surface area contributed by atoms with E-state index in [-0.39, 0.29) is 75.6 Å². The maximum absolute atomic E-state index is 13.5. The van der Waals surface area contributed by atoms with Crippen LogP contribution in [0.5, 0.6) is 0 Å². The number of nitrogens with zero attached hydrogens (tertiary/aromatic N) is 9. The van der Waals surface area contributed by atoms with Crippen molar-refractivity contribution in [2.24, 2.45) is 0 Å². The van der Waals surface area contributed by atoms with E-state index in [9.17, 15) is 28.8 Å². The zero-order valence-electron chi connectivity index (χ0n) is 44.9. The van der Waals surface area contributed by atoms with E-state index in [1.54, 1.807) is 65.6 Å². The van der Waals surface area contributed by atoms with Crippen molar-refractivity contribution in [3.05, 3.63) is 162 Å². The molecule has 0 radical (unpaired) electrons. The number of hydrogen-bond acceptors (Lipinski definition) is 18. The number of fused-ring (bicyclic) bond motifs is 1. The van der Waals surface area contributed by atoms with E-state index in [4.69, 9.17) is 10.5 Å². The topological polar surface area (TPSA) is 281 Å². The Morgan fingerprint density at radius 1 is 0.753 bits per heavy atom. The van der Waals surface area contributed by atoms with Gasteiger partial charge in [-0.2, -0.15) is 18.6 Å². The number of carboxylic acid groups (broad SMARTS) is 1. The fraction of sp³-hybridized carbons (Fsp3) is 0.276. The van der Waals surface area contributed by atoms with Crippen LogP contribution in [0.4, 0.5) is 11.5 Å². The number of aromatic nitrogens is 8. The number of Topliss-reactive ketones (excluding diaryl/α,β-unsaturated/α-hetero) is 3. The molecule has 20 nitrogen and oxygen atoms in total. The summed E-state index contributed by atoms with van der Waals surface area (Å²) in [5.74, 6) is -0.0138. The lowest BCUT2D eigenvalue weighted by Gasteiger charge is -2.32. The lowest BCUT2D eigenvalue weighted by molar-refractivity contribution is -0.139. The van der Waals surface area contributed by atoms with Gasteiger partial charge in [-0.15, -0.1) is 0 Å². The molecule has 5 aromatic heterocycles. The minimum Gasteiger partial charge on any atom is -0.480 e. The molecular weight excluding hydrogens is 1090 g/mol. The minimum absolute atomic E-state index is 0. The normalized spacial score (nSPS) is 13.9. The molecule has 0 saturated carbocycles. The first-order valence-corrected chi connectivity index (χ1v) is 26.3. The number of benzene rings is 2. The van der Waals surface area contributed by atoms with E-state index < -0.39 is 17.8 Å². The van der Waals surface area contributed by atoms with Gasteiger partial charge in [-0.05, 0) is 100 Å². The van der Waals surface area contributed by atoms with E-state index in [1.807, 2.05) is 93.6 Å². The van der Waals surface area contributed by atoms with Crippen LogP contribution in [-0.4, -0.2) is 122 Å². The summed E-state index contributed by atoms with van der Waals surface area (Å²) in [6.07, 6.45) is 16.0. The van der Waals surface area contributed by atoms with Gasteiger partial charge in [0.05, 0.1) is 24.0 Å². The van der Waals surface area contributed by atoms with Crippen molar-refractivity contribution < 1.29 is 33.9 Å². The summed E-state index contributed by atoms with van der Waals surface area (Å²) >= 11 is 7.33. The summed E-state index contributed by atoms with van der Waals surface area (Å²) in [6, 6.07) is 21.1. The van der Waals surface area contributed by atoms with Crippen LogP contribution in [0.15, 0.2) is 122 Å². The number of hydrogen-bond donors (Lipinski definition) is 5. The molecule has 7 heterocycles. The predicted octanol–water partition coefficient (Wildman–Crippen LogP) is 7.57. The zero-order valence-corrected chi connectivity index (χ0v) is 47.5. The molecule has 81 heavy (non-hydrogen) atoms. The molecule has 2 aliphatic heterocycles. The smallest absolute Gasteiger partial charge is 0.322 e. The predicted molar refractivity (Wildman–Crippen MR) is 323 cm³/mol. The standard InChI is InChI=1S/C29H28N6O3.C16H16N4O3.C12H15N3O.CH4.S2.H2S/c1-18-7-6-8-23(32-18)14-27(37)26-9-4-5-12-34(26)28(38)17-35-25-11-10-21(22-15-30-20(3)31-16-22)13-24(25)29(33-35)19(2)36;1-9(21)16(17)13-5-11(12-6-18-10(2)19-7-12)3-4-14(13)20-8-15(22)23;1-9-5-4-7-11(14-9)15-12(16)10-6-2-3-8-13-10;;1-2;/h4-8,10-11,13,15-16,26H,9,12,14,17H2,1-3H3;3-7,17,20H,8H2,1-2H3,(H,22,23);2-5,7,10,13H,6,8H2,1H3,(H,14,15,16);1H4;;1H2/t;;10-;;;/m..0.../s1. The van der Waals surface area contributed by atoms with Gasteiger partial charge in [-0.3, -0.25) is 43.8 Å². The van der Waals surface area contributed by atoms with Gasteiger partial charge in [0.15, 0.2) is 17.3 Å². The third-order valence-corrected chi connectivity index (χ3v) is 12.3. The Labute approximate surface area is 487 Å². The monoisotopic (exact) mass is 1150 g/mol. The molecule has 2 atom stereocenters. The van der Waals surface area contributed by atoms with E-state index in [2.05, 4.69) is 73.3 Å². The molecule has 5 N–H and O–H groups in total. The summed E-state index contributed by atoms with van der Waals surface area (Å²) in [4.78, 5) is 100. The fourth-order valence-corrected chi connectivity index (χ4v) is 8.36. The Kier molecular flexibility index (Phi) is 25.1. The third-order valence-electron chi connectivity index (χ3n) is 12.3. The molecule has 2 aliphatic rings. The molecule has 0 fully saturated rings. The summed E-state index contributed by atoms with van der Waals surface area (Å²) < 4.78 is 1.55. The van der Waals surface area contributed by atoms with Crippen molar-refractivity contribution in [1.29, 1.82) is 5.41 Å². The SMILES string of the molecule is C.CC(=O)C(=N)c1cc(-c2cnc(C)nc2)ccc1NCC(=O)O.CC(=O)c1nn(CC(=O)N2CC=CCC2C(=O)Cc2cccc(C)n2)c2ccc(-c3cnc(C)nc3)cc12.Cc1cccc(NC(=O)[C@@H]2CC=CCN2)n1.S.S=S. The highest BCUT2D eigenvalue weighted by Crippen LogP contribution is 2.28. The van der Waals surface area contributed by atoms with E-state index >= 15 is 0 Å². The van der Waals surface area contributed by atoms with E-state index in [0.717, 1.165) is 46.6 Å². The molecule has 0 aliphatic carbocycles. The van der Waals surface area contributed by atoms with Gasteiger partial charge < -0.3 is 26.0 Å². The molecular formula is C58H65N13O7S3. The molecule has 2 amide bonds. The second kappa shape index (κ2) is 31.3. The highest BCUT2D eigenvalue weighted by Gasteiger charge is 2.31. The Morgan fingerprint density at radius 3 is 1.94 bits per heavy atom. The number of rotatable bonds is 15. The van der Waals surface area contributed by atoms with Gasteiger partial charge in [0.25, 0.3) is 0 Å². The van der Waals surface area contributed by atoms with Gasteiger partial charge in [-0.25, -0.2) is 24.9 Å². The molecule has 23 heteroatoms. The number of ketones is 3. The van der Waals surface area contributed by atoms with Crippen LogP contribution in [0.25, 0.3) is 33.2 Å². The molecule has 7 aromatic rings. The number of nitrogens with one attached hydrogen (secondary N) is 4. The summed E-state index contributed by atoms with van der Waals surface area (Å²) in [7, 11) is 0. The first-order valence-electron chi connectivity index (χ1n) is 24.9. The second-order valence-corrected chi connectivity index (χ2v) is 18.3. The van der Waals surface area contributed by atoms with Crippen molar-refractivity contribution in [1.82, 2.24) is 49.9 Å². The Morgan fingerprint density at radius 2 is 1.36 bits per heavy atom. The van der Waals surface area contributed by atoms with Crippen LogP contribution in [-0.2, 0) is 59.3 Å². The third kappa shape index (κ3) is 18.3. The first-order chi connectivity index (χ1) is 37.9. The summed E-state index contributed by atoms with van der Waals surface area (Å²) in [5.41, 5.74) is 7.13. The number of aliphatic carboxylic acids is 1. The van der Waals surface area contributed by atoms with Crippen molar-refractivity contribution in [2.45, 2.75) is 86.9 Å². The fourth-order valence-electron chi connectivity index (χ4n) is 8.36. The highest BCUT2D eigenvalue weighted by atomic mass is 32.8. The van der Waals surface area contributed by atoms with Crippen molar-refractivity contribution in [3.8, 4) is 22.3 Å². The Bertz CT molecular complexity index is 3440. The molecule has 0 saturated heterocycles. The van der Waals surface area contributed by atoms with Gasteiger partial charge in [0.2, 0.25) is 11.8 Å². The number of carboxylic acids is 1. The lowest BCUT2D eigenvalue weighted by atomic mass is 9.99. The Hall–Kier alpha value is -8.51. The summed E-state index contributed by atoms with van der Waals surface area (Å²) in [6.45, 7) is 10.8. The van der Waals surface area contributed by atoms with Crippen LogP contribution in [0.1, 0.15) is 78.9 Å². The van der Waals surface area contributed by atoms with Crippen molar-refractivity contribution in [3.63, 3.8) is 0 Å². The molecule has 1 unspecified atom stereocenters. The maximum atomic E-state index is 13.5. The van der Waals surface area contributed by atoms with Crippen LogP contribution in [0.3, 0.4) is 0 Å². The number of pyridine rings is 2. The van der Waals surface area contributed by atoms with E-state index in [0.29, 0.717) is 64.0 Å². The van der Waals surface area contributed by atoms with Gasteiger partial charge in [0.1, 0.15) is 42.0 Å². The summed E-state index contributed by atoms with van der Waals surface area (Å²) in [5, 5.41) is 30.5. The van der Waals surface area contributed by atoms with Gasteiger partial charge in [0, 0.05) is 119 Å². The van der Waals surface area contributed by atoms with Crippen LogP contribution in [0, 0.1) is 33.1 Å². The van der Waals surface area contributed by atoms with Crippen molar-refractivity contribution >= 4 is 99.1 Å². The van der Waals surface area contributed by atoms with Gasteiger partial charge in [-0.1, -0.05) is 56.0 Å². The molecule has 0 bridgehead atoms. The number of aryl methyl sites for hydroxylation is 4. The van der Waals surface area contributed by atoms with E-state index in [1.165, 1.54) is 13.8 Å². The number of amides is 2. The first kappa shape index (κ1) is 65.0. The minimum atomic E-state index is -1.03. The van der Waals surface area contributed by atoms with Crippen LogP contribution < -0.4 is 16.0 Å². The van der Waals surface area contributed by atoms with Crippen LogP contribution in [0.2, 0.25) is 0 Å². The molecule has 422 valence electrons. The quantitative estimate of drug-likeness (QED) is 0.0376. The van der Waals surface area contributed by atoms with Gasteiger partial charge >= 0.3 is 5.97 Å². The number of anilines is 2. The number of carbonyl (C=O) groups is 6. The average Bonchev–Trinajstić information content (AvgIpc) is 3.85. The molecule has 0 spiro atoms. The molecule has 9 rings (SSSR count). The second-order valence-electron chi connectivity index (χ2n) is 18.3. The highest BCUT2D eigenvalue weighted by molar-refractivity contribution is 8.07. The maximum Gasteiger partial charge on any atom is 0.322 e. The zero-order chi connectivity index (χ0) is 57.2. The number of carbonyl (C=O) groups excluding carboxylic acids is 5. The van der Waals surface area contributed by atoms with Crippen molar-refractivity contribution in [2.75, 3.05) is 30.3 Å². The average molecular weight is 1150 g/mol. The largest absolute Gasteiger partial charge is 0.480 e. The lowest BCUT2D eigenvalue weighted by Crippen LogP contribution is -2.48. The van der Waals surface area contributed by atoms with Crippen LogP contribution >= 0.6 is 13.5 Å². The Balaban J connectivity index is 0.000000280.